The van der Waals surface area contributed by atoms with E-state index in [1.54, 1.807) is 6.08 Å². The molecule has 0 fully saturated rings. The van der Waals surface area contributed by atoms with E-state index < -0.39 is 28.0 Å². The van der Waals surface area contributed by atoms with Gasteiger partial charge in [0, 0.05) is 6.42 Å². The van der Waals surface area contributed by atoms with Crippen LogP contribution >= 0.6 is 0 Å². The molecular formula is C41H71NO5S. The third-order valence-corrected chi connectivity index (χ3v) is 8.87. The average Bonchev–Trinajstić information content (AvgIpc) is 3.05. The van der Waals surface area contributed by atoms with Crippen molar-refractivity contribution in [3.63, 3.8) is 0 Å². The quantitative estimate of drug-likeness (QED) is 0.0361. The summed E-state index contributed by atoms with van der Waals surface area (Å²) in [6.07, 6.45) is 48.9. The number of amides is 1. The molecule has 3 N–H and O–H groups in total. The molecule has 0 saturated carbocycles. The first-order valence-electron chi connectivity index (χ1n) is 19.1. The van der Waals surface area contributed by atoms with Gasteiger partial charge in [-0.15, -0.1) is 0 Å². The molecular weight excluding hydrogens is 619 g/mol. The van der Waals surface area contributed by atoms with Crippen molar-refractivity contribution in [3.05, 3.63) is 72.9 Å². The Balaban J connectivity index is 4.09. The number of carbonyl (C=O) groups is 1. The predicted molar refractivity (Wildman–Crippen MR) is 207 cm³/mol. The van der Waals surface area contributed by atoms with Crippen LogP contribution in [0, 0.1) is 0 Å². The van der Waals surface area contributed by atoms with E-state index in [1.807, 2.05) is 0 Å². The number of aliphatic hydroxyl groups is 1. The molecule has 0 aromatic heterocycles. The van der Waals surface area contributed by atoms with Crippen LogP contribution in [0.25, 0.3) is 0 Å². The SMILES string of the molecule is CC/C=C\C/C=C\C/C=C\CCCCCC(=O)NC(CS(=O)(=O)O)C(O)/C=C/CC/C=C/CC/C=C/CCCCCCCCCCCC. The molecule has 0 aliphatic carbocycles. The lowest BCUT2D eigenvalue weighted by atomic mass is 10.1. The average molecular weight is 690 g/mol. The Hall–Kier alpha value is -2.22. The Labute approximate surface area is 295 Å². The Morgan fingerprint density at radius 3 is 1.56 bits per heavy atom. The second-order valence-electron chi connectivity index (χ2n) is 12.8. The van der Waals surface area contributed by atoms with E-state index in [0.29, 0.717) is 12.8 Å². The standard InChI is InChI=1S/C41H71NO5S/c1-3-5-7-9-11-13-15-17-18-19-20-21-22-23-25-26-28-30-32-34-36-40(43)39(38-48(45,46)47)42-41(44)37-35-33-31-29-27-24-16-14-12-10-8-6-4-2/h6,8,12,14,21-22,24,26-28,34,36,39-40,43H,3-5,7,9-11,13,15-20,23,25,29-33,35,37-38H2,1-2H3,(H,42,44)(H,45,46,47)/b8-6-,14-12-,22-21+,27-24-,28-26+,36-34+. The summed E-state index contributed by atoms with van der Waals surface area (Å²) >= 11 is 0. The molecule has 0 saturated heterocycles. The first-order valence-corrected chi connectivity index (χ1v) is 20.7. The molecule has 0 rings (SSSR count). The van der Waals surface area contributed by atoms with Crippen molar-refractivity contribution in [2.75, 3.05) is 5.75 Å². The smallest absolute Gasteiger partial charge is 0.267 e. The highest BCUT2D eigenvalue weighted by Crippen LogP contribution is 2.12. The summed E-state index contributed by atoms with van der Waals surface area (Å²) in [6, 6.07) is -1.10. The van der Waals surface area contributed by atoms with Crippen molar-refractivity contribution >= 4 is 16.0 Å². The fourth-order valence-corrected chi connectivity index (χ4v) is 5.99. The summed E-state index contributed by atoms with van der Waals surface area (Å²) in [5.74, 6) is -1.06. The second-order valence-corrected chi connectivity index (χ2v) is 14.3. The number of unbranched alkanes of at least 4 members (excludes halogenated alkanes) is 15. The van der Waals surface area contributed by atoms with Gasteiger partial charge in [0.05, 0.1) is 17.9 Å². The summed E-state index contributed by atoms with van der Waals surface area (Å²) in [4.78, 5) is 12.4. The van der Waals surface area contributed by atoms with Crippen LogP contribution in [-0.4, -0.2) is 41.9 Å². The molecule has 0 aliphatic rings. The summed E-state index contributed by atoms with van der Waals surface area (Å²) in [6.45, 7) is 4.39. The minimum atomic E-state index is -4.37. The topological polar surface area (TPSA) is 104 Å². The number of aliphatic hydroxyl groups excluding tert-OH is 1. The Morgan fingerprint density at radius 2 is 1.02 bits per heavy atom. The van der Waals surface area contributed by atoms with Crippen molar-refractivity contribution < 1.29 is 22.9 Å². The van der Waals surface area contributed by atoms with Gasteiger partial charge in [-0.05, 0) is 77.0 Å². The predicted octanol–water partition coefficient (Wildman–Crippen LogP) is 11.1. The lowest BCUT2D eigenvalue weighted by molar-refractivity contribution is -0.122. The van der Waals surface area contributed by atoms with Gasteiger partial charge in [-0.1, -0.05) is 151 Å². The molecule has 0 heterocycles. The summed E-state index contributed by atoms with van der Waals surface area (Å²) in [5.41, 5.74) is 0. The minimum Gasteiger partial charge on any atom is -0.387 e. The normalized spacial score (nSPS) is 14.2. The number of hydrogen-bond acceptors (Lipinski definition) is 4. The van der Waals surface area contributed by atoms with Gasteiger partial charge in [-0.2, -0.15) is 8.42 Å². The van der Waals surface area contributed by atoms with Gasteiger partial charge < -0.3 is 10.4 Å². The van der Waals surface area contributed by atoms with E-state index in [1.165, 1.54) is 76.7 Å². The van der Waals surface area contributed by atoms with Gasteiger partial charge in [-0.3, -0.25) is 9.35 Å². The molecule has 48 heavy (non-hydrogen) atoms. The number of rotatable bonds is 33. The van der Waals surface area contributed by atoms with Gasteiger partial charge in [0.25, 0.3) is 10.1 Å². The second kappa shape index (κ2) is 34.6. The number of hydrogen-bond donors (Lipinski definition) is 3. The Morgan fingerprint density at radius 1 is 0.583 bits per heavy atom. The van der Waals surface area contributed by atoms with Gasteiger partial charge in [0.2, 0.25) is 5.91 Å². The number of allylic oxidation sites excluding steroid dienone is 11. The van der Waals surface area contributed by atoms with Crippen molar-refractivity contribution in [2.24, 2.45) is 0 Å². The van der Waals surface area contributed by atoms with Crippen LogP contribution in [0.2, 0.25) is 0 Å². The summed E-state index contributed by atoms with van der Waals surface area (Å²) in [5, 5.41) is 13.1. The maximum absolute atomic E-state index is 12.4. The van der Waals surface area contributed by atoms with Gasteiger partial charge in [0.1, 0.15) is 0 Å². The maximum Gasteiger partial charge on any atom is 0.267 e. The zero-order valence-electron chi connectivity index (χ0n) is 30.6. The third kappa shape index (κ3) is 35.1. The van der Waals surface area contributed by atoms with E-state index in [-0.39, 0.29) is 12.3 Å². The first kappa shape index (κ1) is 45.8. The minimum absolute atomic E-state index is 0.245. The first-order chi connectivity index (χ1) is 23.3. The van der Waals surface area contributed by atoms with Crippen LogP contribution in [0.3, 0.4) is 0 Å². The molecule has 0 bridgehead atoms. The van der Waals surface area contributed by atoms with Gasteiger partial charge in [0.15, 0.2) is 0 Å². The van der Waals surface area contributed by atoms with Crippen LogP contribution in [0.4, 0.5) is 0 Å². The highest BCUT2D eigenvalue weighted by Gasteiger charge is 2.24. The molecule has 0 spiro atoms. The molecule has 6 nitrogen and oxygen atoms in total. The molecule has 1 amide bonds. The highest BCUT2D eigenvalue weighted by atomic mass is 32.2. The largest absolute Gasteiger partial charge is 0.387 e. The lowest BCUT2D eigenvalue weighted by Crippen LogP contribution is -2.46. The van der Waals surface area contributed by atoms with Crippen LogP contribution in [0.5, 0.6) is 0 Å². The van der Waals surface area contributed by atoms with Crippen molar-refractivity contribution in [2.45, 2.75) is 174 Å². The van der Waals surface area contributed by atoms with Crippen molar-refractivity contribution in [1.82, 2.24) is 5.32 Å². The fourth-order valence-electron chi connectivity index (χ4n) is 5.26. The van der Waals surface area contributed by atoms with E-state index in [2.05, 4.69) is 79.9 Å². The van der Waals surface area contributed by atoms with E-state index in [0.717, 1.165) is 57.8 Å². The van der Waals surface area contributed by atoms with Crippen molar-refractivity contribution in [3.8, 4) is 0 Å². The molecule has 0 aromatic carbocycles. The third-order valence-electron chi connectivity index (χ3n) is 8.09. The lowest BCUT2D eigenvalue weighted by Gasteiger charge is -2.21. The molecule has 0 aliphatic heterocycles. The monoisotopic (exact) mass is 690 g/mol. The zero-order valence-corrected chi connectivity index (χ0v) is 31.4. The summed E-state index contributed by atoms with van der Waals surface area (Å²) in [7, 11) is -4.37. The van der Waals surface area contributed by atoms with Crippen LogP contribution in [0.1, 0.15) is 162 Å². The van der Waals surface area contributed by atoms with Crippen LogP contribution in [-0.2, 0) is 14.9 Å². The Kier molecular flexibility index (Phi) is 33.0. The molecule has 2 unspecified atom stereocenters. The molecule has 0 radical (unpaired) electrons. The molecule has 2 atom stereocenters. The summed E-state index contributed by atoms with van der Waals surface area (Å²) < 4.78 is 32.4. The van der Waals surface area contributed by atoms with E-state index in [4.69, 9.17) is 0 Å². The molecule has 7 heteroatoms. The van der Waals surface area contributed by atoms with Crippen LogP contribution in [0.15, 0.2) is 72.9 Å². The number of nitrogens with one attached hydrogen (secondary N) is 1. The Bertz CT molecular complexity index is 1030. The maximum atomic E-state index is 12.4. The van der Waals surface area contributed by atoms with Gasteiger partial charge >= 0.3 is 0 Å². The zero-order chi connectivity index (χ0) is 35.4. The highest BCUT2D eigenvalue weighted by molar-refractivity contribution is 7.85. The molecule has 0 aromatic rings. The molecule has 276 valence electrons. The van der Waals surface area contributed by atoms with Crippen molar-refractivity contribution in [1.29, 1.82) is 0 Å². The number of carbonyl (C=O) groups excluding carboxylic acids is 1. The van der Waals surface area contributed by atoms with E-state index >= 15 is 0 Å². The van der Waals surface area contributed by atoms with E-state index in [9.17, 15) is 22.9 Å². The fraction of sp³-hybridized carbons (Fsp3) is 0.683. The van der Waals surface area contributed by atoms with Gasteiger partial charge in [-0.25, -0.2) is 0 Å². The van der Waals surface area contributed by atoms with Crippen LogP contribution < -0.4 is 5.32 Å².